The summed E-state index contributed by atoms with van der Waals surface area (Å²) < 4.78 is 5.12. The number of nitrogens with zero attached hydrogens (tertiary/aromatic N) is 2. The first kappa shape index (κ1) is 13.1. The van der Waals surface area contributed by atoms with Gasteiger partial charge in [-0.1, -0.05) is 19.1 Å². The monoisotopic (exact) mass is 256 g/mol. The molecule has 0 bridgehead atoms. The molecule has 2 aromatic carbocycles. The summed E-state index contributed by atoms with van der Waals surface area (Å²) in [4.78, 5) is 0. The normalized spacial score (nSPS) is 10.8. The number of phenols is 1. The Labute approximate surface area is 112 Å². The van der Waals surface area contributed by atoms with Crippen LogP contribution in [-0.2, 0) is 6.42 Å². The van der Waals surface area contributed by atoms with Gasteiger partial charge < -0.3 is 9.84 Å². The van der Waals surface area contributed by atoms with Gasteiger partial charge in [0.15, 0.2) is 0 Å². The SMILES string of the molecule is CCc1ccc(O)c(N=Nc2cccc(OC)c2)c1. The van der Waals surface area contributed by atoms with E-state index < -0.39 is 0 Å². The summed E-state index contributed by atoms with van der Waals surface area (Å²) in [5.74, 6) is 0.854. The van der Waals surface area contributed by atoms with Crippen molar-refractivity contribution >= 4 is 11.4 Å². The summed E-state index contributed by atoms with van der Waals surface area (Å²) in [5.41, 5.74) is 2.26. The third kappa shape index (κ3) is 3.31. The fraction of sp³-hybridized carbons (Fsp3) is 0.200. The predicted octanol–water partition coefficient (Wildman–Crippen LogP) is 4.38. The number of rotatable bonds is 4. The molecule has 0 heterocycles. The Morgan fingerprint density at radius 2 is 1.95 bits per heavy atom. The largest absolute Gasteiger partial charge is 0.506 e. The Balaban J connectivity index is 2.26. The second kappa shape index (κ2) is 6.00. The fourth-order valence-electron chi connectivity index (χ4n) is 1.65. The Morgan fingerprint density at radius 3 is 2.68 bits per heavy atom. The van der Waals surface area contributed by atoms with Crippen LogP contribution in [0.5, 0.6) is 11.5 Å². The van der Waals surface area contributed by atoms with E-state index in [2.05, 4.69) is 17.2 Å². The molecule has 4 nitrogen and oxygen atoms in total. The van der Waals surface area contributed by atoms with Gasteiger partial charge in [0.1, 0.15) is 17.2 Å². The molecule has 0 saturated heterocycles. The minimum atomic E-state index is 0.129. The van der Waals surface area contributed by atoms with Crippen LogP contribution in [0.2, 0.25) is 0 Å². The summed E-state index contributed by atoms with van der Waals surface area (Å²) in [7, 11) is 1.60. The second-order valence-corrected chi connectivity index (χ2v) is 4.08. The molecular formula is C15H16N2O2. The molecule has 1 N–H and O–H groups in total. The number of hydrogen-bond donors (Lipinski definition) is 1. The van der Waals surface area contributed by atoms with E-state index in [9.17, 15) is 5.11 Å². The number of ether oxygens (including phenoxy) is 1. The average molecular weight is 256 g/mol. The maximum absolute atomic E-state index is 9.73. The molecular weight excluding hydrogens is 240 g/mol. The highest BCUT2D eigenvalue weighted by atomic mass is 16.5. The third-order valence-electron chi connectivity index (χ3n) is 2.77. The highest BCUT2D eigenvalue weighted by Crippen LogP contribution is 2.29. The lowest BCUT2D eigenvalue weighted by Crippen LogP contribution is -1.80. The third-order valence-corrected chi connectivity index (χ3v) is 2.77. The first-order chi connectivity index (χ1) is 9.22. The second-order valence-electron chi connectivity index (χ2n) is 4.08. The van der Waals surface area contributed by atoms with Crippen LogP contribution in [0.15, 0.2) is 52.7 Å². The van der Waals surface area contributed by atoms with Crippen molar-refractivity contribution in [1.29, 1.82) is 0 Å². The smallest absolute Gasteiger partial charge is 0.143 e. The summed E-state index contributed by atoms with van der Waals surface area (Å²) in [6.45, 7) is 2.05. The molecule has 0 aliphatic carbocycles. The van der Waals surface area contributed by atoms with Gasteiger partial charge in [0.05, 0.1) is 12.8 Å². The summed E-state index contributed by atoms with van der Waals surface area (Å²) >= 11 is 0. The number of benzene rings is 2. The minimum absolute atomic E-state index is 0.129. The molecule has 0 radical (unpaired) electrons. The molecule has 0 aliphatic rings. The first-order valence-corrected chi connectivity index (χ1v) is 6.10. The van der Waals surface area contributed by atoms with Crippen LogP contribution in [0.25, 0.3) is 0 Å². The summed E-state index contributed by atoms with van der Waals surface area (Å²) in [6, 6.07) is 12.6. The van der Waals surface area contributed by atoms with E-state index >= 15 is 0 Å². The van der Waals surface area contributed by atoms with Crippen LogP contribution < -0.4 is 4.74 Å². The van der Waals surface area contributed by atoms with Crippen molar-refractivity contribution in [2.75, 3.05) is 7.11 Å². The number of methoxy groups -OCH3 is 1. The standard InChI is InChI=1S/C15H16N2O2/c1-3-11-7-8-15(18)14(9-11)17-16-12-5-4-6-13(10-12)19-2/h4-10,18H,3H2,1-2H3. The quantitative estimate of drug-likeness (QED) is 0.825. The molecule has 0 atom stereocenters. The number of azo groups is 1. The van der Waals surface area contributed by atoms with Gasteiger partial charge in [-0.15, -0.1) is 5.11 Å². The molecule has 0 spiro atoms. The molecule has 0 aliphatic heterocycles. The zero-order valence-electron chi connectivity index (χ0n) is 11.0. The Morgan fingerprint density at radius 1 is 1.11 bits per heavy atom. The number of phenolic OH excluding ortho intramolecular Hbond substituents is 1. The zero-order chi connectivity index (χ0) is 13.7. The Hall–Kier alpha value is -2.36. The van der Waals surface area contributed by atoms with Crippen LogP contribution in [0, 0.1) is 0 Å². The van der Waals surface area contributed by atoms with Crippen LogP contribution in [0.1, 0.15) is 12.5 Å². The van der Waals surface area contributed by atoms with Crippen LogP contribution in [0.4, 0.5) is 11.4 Å². The van der Waals surface area contributed by atoms with Crippen molar-refractivity contribution in [1.82, 2.24) is 0 Å². The van der Waals surface area contributed by atoms with E-state index in [1.165, 1.54) is 0 Å². The molecule has 4 heteroatoms. The lowest BCUT2D eigenvalue weighted by Gasteiger charge is -2.02. The predicted molar refractivity (Wildman–Crippen MR) is 74.7 cm³/mol. The van der Waals surface area contributed by atoms with Gasteiger partial charge in [0.2, 0.25) is 0 Å². The van der Waals surface area contributed by atoms with Gasteiger partial charge >= 0.3 is 0 Å². The van der Waals surface area contributed by atoms with Crippen molar-refractivity contribution in [3.63, 3.8) is 0 Å². The van der Waals surface area contributed by atoms with E-state index in [-0.39, 0.29) is 5.75 Å². The molecule has 2 aromatic rings. The molecule has 98 valence electrons. The molecule has 19 heavy (non-hydrogen) atoms. The van der Waals surface area contributed by atoms with E-state index in [0.717, 1.165) is 17.7 Å². The lowest BCUT2D eigenvalue weighted by atomic mass is 10.1. The van der Waals surface area contributed by atoms with Gasteiger partial charge in [-0.25, -0.2) is 0 Å². The van der Waals surface area contributed by atoms with Gasteiger partial charge in [-0.2, -0.15) is 5.11 Å². The Kier molecular flexibility index (Phi) is 4.13. The highest BCUT2D eigenvalue weighted by molar-refractivity contribution is 5.53. The maximum Gasteiger partial charge on any atom is 0.143 e. The van der Waals surface area contributed by atoms with Gasteiger partial charge in [0.25, 0.3) is 0 Å². The van der Waals surface area contributed by atoms with Crippen molar-refractivity contribution < 1.29 is 9.84 Å². The number of aromatic hydroxyl groups is 1. The molecule has 0 aromatic heterocycles. The van der Waals surface area contributed by atoms with Gasteiger partial charge in [-0.3, -0.25) is 0 Å². The van der Waals surface area contributed by atoms with Gasteiger partial charge in [-0.05, 0) is 36.2 Å². The highest BCUT2D eigenvalue weighted by Gasteiger charge is 2.01. The molecule has 0 saturated carbocycles. The first-order valence-electron chi connectivity index (χ1n) is 6.10. The van der Waals surface area contributed by atoms with E-state index in [0.29, 0.717) is 11.4 Å². The zero-order valence-corrected chi connectivity index (χ0v) is 11.0. The molecule has 2 rings (SSSR count). The molecule has 0 amide bonds. The molecule has 0 fully saturated rings. The summed E-state index contributed by atoms with van der Waals surface area (Å²) in [5, 5.41) is 17.9. The van der Waals surface area contributed by atoms with Crippen molar-refractivity contribution in [2.45, 2.75) is 13.3 Å². The average Bonchev–Trinajstić information content (AvgIpc) is 2.46. The lowest BCUT2D eigenvalue weighted by molar-refractivity contribution is 0.415. The van der Waals surface area contributed by atoms with E-state index in [1.807, 2.05) is 30.3 Å². The van der Waals surface area contributed by atoms with E-state index in [4.69, 9.17) is 4.74 Å². The van der Waals surface area contributed by atoms with Crippen LogP contribution in [0.3, 0.4) is 0 Å². The maximum atomic E-state index is 9.73. The van der Waals surface area contributed by atoms with Crippen LogP contribution in [-0.4, -0.2) is 12.2 Å². The Bertz CT molecular complexity index is 594. The summed E-state index contributed by atoms with van der Waals surface area (Å²) in [6.07, 6.45) is 0.891. The van der Waals surface area contributed by atoms with E-state index in [1.54, 1.807) is 19.2 Å². The van der Waals surface area contributed by atoms with Crippen molar-refractivity contribution in [3.8, 4) is 11.5 Å². The molecule has 0 unspecified atom stereocenters. The number of hydrogen-bond acceptors (Lipinski definition) is 4. The van der Waals surface area contributed by atoms with Gasteiger partial charge in [0, 0.05) is 6.07 Å². The number of aryl methyl sites for hydroxylation is 1. The van der Waals surface area contributed by atoms with Crippen LogP contribution >= 0.6 is 0 Å². The van der Waals surface area contributed by atoms with Crippen molar-refractivity contribution in [2.24, 2.45) is 10.2 Å². The minimum Gasteiger partial charge on any atom is -0.506 e. The van der Waals surface area contributed by atoms with Crippen molar-refractivity contribution in [3.05, 3.63) is 48.0 Å². The fourth-order valence-corrected chi connectivity index (χ4v) is 1.65. The topological polar surface area (TPSA) is 54.2 Å².